The molecule has 4 heteroatoms. The van der Waals surface area contributed by atoms with E-state index in [9.17, 15) is 5.11 Å². The monoisotopic (exact) mass is 330 g/mol. The predicted molar refractivity (Wildman–Crippen MR) is 99.6 cm³/mol. The molecule has 0 aliphatic carbocycles. The Balaban J connectivity index is 1.66. The molecule has 3 aromatic carbocycles. The van der Waals surface area contributed by atoms with Crippen LogP contribution in [0.25, 0.3) is 22.1 Å². The van der Waals surface area contributed by atoms with E-state index >= 15 is 0 Å². The largest absolute Gasteiger partial charge is 0.508 e. The maximum absolute atomic E-state index is 10.3. The molecule has 1 aromatic heterocycles. The van der Waals surface area contributed by atoms with Crippen LogP contribution in [0.5, 0.6) is 5.75 Å². The van der Waals surface area contributed by atoms with Crippen LogP contribution in [0.15, 0.2) is 71.6 Å². The Morgan fingerprint density at radius 2 is 1.96 bits per heavy atom. The third-order valence-corrected chi connectivity index (χ3v) is 4.43. The summed E-state index contributed by atoms with van der Waals surface area (Å²) in [7, 11) is 0. The lowest BCUT2D eigenvalue weighted by Gasteiger charge is -2.14. The van der Waals surface area contributed by atoms with Gasteiger partial charge >= 0.3 is 0 Å². The molecule has 0 saturated heterocycles. The predicted octanol–water partition coefficient (Wildman–Crippen LogP) is 5.12. The van der Waals surface area contributed by atoms with Crippen LogP contribution in [0.4, 0.5) is 5.69 Å². The fourth-order valence-corrected chi connectivity index (χ4v) is 3.02. The first kappa shape index (κ1) is 15.3. The van der Waals surface area contributed by atoms with Gasteiger partial charge in [0.15, 0.2) is 12.2 Å². The van der Waals surface area contributed by atoms with E-state index < -0.39 is 0 Å². The van der Waals surface area contributed by atoms with E-state index in [2.05, 4.69) is 17.2 Å². The van der Waals surface area contributed by atoms with Crippen molar-refractivity contribution in [3.05, 3.63) is 78.3 Å². The van der Waals surface area contributed by atoms with E-state index in [1.54, 1.807) is 12.3 Å². The summed E-state index contributed by atoms with van der Waals surface area (Å²) in [5.41, 5.74) is 3.99. The van der Waals surface area contributed by atoms with Crippen molar-refractivity contribution in [2.75, 3.05) is 5.32 Å². The SMILES string of the molecule is Cc1ccc(-c2cnco2)cc1NCc1c(O)ccc2ccccc12. The fourth-order valence-electron chi connectivity index (χ4n) is 3.02. The zero-order valence-electron chi connectivity index (χ0n) is 13.9. The first-order valence-electron chi connectivity index (χ1n) is 8.15. The third-order valence-electron chi connectivity index (χ3n) is 4.43. The number of aromatic nitrogens is 1. The first-order valence-corrected chi connectivity index (χ1v) is 8.15. The van der Waals surface area contributed by atoms with Gasteiger partial charge in [-0.15, -0.1) is 0 Å². The summed E-state index contributed by atoms with van der Waals surface area (Å²) >= 11 is 0. The highest BCUT2D eigenvalue weighted by molar-refractivity contribution is 5.88. The van der Waals surface area contributed by atoms with E-state index in [0.29, 0.717) is 12.3 Å². The lowest BCUT2D eigenvalue weighted by atomic mass is 10.0. The molecule has 0 aliphatic rings. The highest BCUT2D eigenvalue weighted by Crippen LogP contribution is 2.30. The number of rotatable bonds is 4. The maximum Gasteiger partial charge on any atom is 0.181 e. The van der Waals surface area contributed by atoms with Crippen LogP contribution in [0.2, 0.25) is 0 Å². The highest BCUT2D eigenvalue weighted by atomic mass is 16.3. The van der Waals surface area contributed by atoms with Crippen LogP contribution < -0.4 is 5.32 Å². The van der Waals surface area contributed by atoms with Gasteiger partial charge in [0.1, 0.15) is 5.75 Å². The molecule has 4 aromatic rings. The van der Waals surface area contributed by atoms with Crippen LogP contribution in [0, 0.1) is 6.92 Å². The molecular formula is C21H18N2O2. The van der Waals surface area contributed by atoms with Crippen molar-refractivity contribution < 1.29 is 9.52 Å². The van der Waals surface area contributed by atoms with E-state index in [-0.39, 0.29) is 0 Å². The van der Waals surface area contributed by atoms with Crippen molar-refractivity contribution in [1.29, 1.82) is 0 Å². The van der Waals surface area contributed by atoms with E-state index in [1.807, 2.05) is 48.5 Å². The van der Waals surface area contributed by atoms with Crippen molar-refractivity contribution in [1.82, 2.24) is 4.98 Å². The second kappa shape index (κ2) is 6.32. The molecule has 0 amide bonds. The molecule has 0 fully saturated rings. The van der Waals surface area contributed by atoms with E-state index in [1.165, 1.54) is 6.39 Å². The molecule has 4 rings (SSSR count). The van der Waals surface area contributed by atoms with Crippen molar-refractivity contribution in [3.63, 3.8) is 0 Å². The fraction of sp³-hybridized carbons (Fsp3) is 0.0952. The average molecular weight is 330 g/mol. The maximum atomic E-state index is 10.3. The normalized spacial score (nSPS) is 10.9. The zero-order chi connectivity index (χ0) is 17.2. The van der Waals surface area contributed by atoms with Crippen molar-refractivity contribution in [2.24, 2.45) is 0 Å². The van der Waals surface area contributed by atoms with Gasteiger partial charge in [0.2, 0.25) is 0 Å². The number of nitrogens with one attached hydrogen (secondary N) is 1. The smallest absolute Gasteiger partial charge is 0.181 e. The van der Waals surface area contributed by atoms with Gasteiger partial charge in [-0.1, -0.05) is 42.5 Å². The molecule has 4 nitrogen and oxygen atoms in total. The number of anilines is 1. The summed E-state index contributed by atoms with van der Waals surface area (Å²) in [6.45, 7) is 2.59. The number of phenolic OH excluding ortho intramolecular Hbond substituents is 1. The van der Waals surface area contributed by atoms with Gasteiger partial charge in [0.25, 0.3) is 0 Å². The van der Waals surface area contributed by atoms with Crippen molar-refractivity contribution in [2.45, 2.75) is 13.5 Å². The Kier molecular flexibility index (Phi) is 3.86. The Labute approximate surface area is 145 Å². The van der Waals surface area contributed by atoms with Gasteiger partial charge in [0, 0.05) is 23.4 Å². The Hall–Kier alpha value is -3.27. The number of fused-ring (bicyclic) bond motifs is 1. The number of hydrogen-bond acceptors (Lipinski definition) is 4. The van der Waals surface area contributed by atoms with Crippen LogP contribution in [-0.2, 0) is 6.54 Å². The second-order valence-corrected chi connectivity index (χ2v) is 6.03. The summed E-state index contributed by atoms with van der Waals surface area (Å²) in [6.07, 6.45) is 3.13. The topological polar surface area (TPSA) is 58.3 Å². The van der Waals surface area contributed by atoms with Crippen LogP contribution >= 0.6 is 0 Å². The summed E-state index contributed by atoms with van der Waals surface area (Å²) in [5.74, 6) is 1.03. The molecule has 0 unspecified atom stereocenters. The first-order chi connectivity index (χ1) is 12.2. The quantitative estimate of drug-likeness (QED) is 0.545. The molecular weight excluding hydrogens is 312 g/mol. The van der Waals surface area contributed by atoms with Crippen LogP contribution in [0.3, 0.4) is 0 Å². The van der Waals surface area contributed by atoms with E-state index in [0.717, 1.165) is 38.9 Å². The number of aryl methyl sites for hydroxylation is 1. The molecule has 25 heavy (non-hydrogen) atoms. The van der Waals surface area contributed by atoms with Gasteiger partial charge in [-0.25, -0.2) is 4.98 Å². The van der Waals surface area contributed by atoms with Crippen molar-refractivity contribution in [3.8, 4) is 17.1 Å². The van der Waals surface area contributed by atoms with Crippen molar-refractivity contribution >= 4 is 16.5 Å². The highest BCUT2D eigenvalue weighted by Gasteiger charge is 2.09. The number of nitrogens with zero attached hydrogens (tertiary/aromatic N) is 1. The Bertz CT molecular complexity index is 1020. The van der Waals surface area contributed by atoms with Gasteiger partial charge in [0.05, 0.1) is 6.20 Å². The zero-order valence-corrected chi connectivity index (χ0v) is 13.9. The lowest BCUT2D eigenvalue weighted by molar-refractivity contribution is 0.470. The van der Waals surface area contributed by atoms with E-state index in [4.69, 9.17) is 4.42 Å². The number of hydrogen-bond donors (Lipinski definition) is 2. The number of benzene rings is 3. The third kappa shape index (κ3) is 2.94. The summed E-state index contributed by atoms with van der Waals surface area (Å²) < 4.78 is 5.38. The molecule has 124 valence electrons. The molecule has 0 aliphatic heterocycles. The number of aromatic hydroxyl groups is 1. The Morgan fingerprint density at radius 3 is 2.80 bits per heavy atom. The Morgan fingerprint density at radius 1 is 1.08 bits per heavy atom. The number of phenols is 1. The minimum atomic E-state index is 0.301. The molecule has 0 radical (unpaired) electrons. The minimum absolute atomic E-state index is 0.301. The molecule has 2 N–H and O–H groups in total. The molecule has 0 spiro atoms. The van der Waals surface area contributed by atoms with Gasteiger partial charge < -0.3 is 14.8 Å². The van der Waals surface area contributed by atoms with Crippen LogP contribution in [0.1, 0.15) is 11.1 Å². The van der Waals surface area contributed by atoms with Crippen LogP contribution in [-0.4, -0.2) is 10.1 Å². The standard InChI is InChI=1S/C21H18N2O2/c1-14-6-7-16(21-12-22-13-25-21)10-19(14)23-11-18-17-5-3-2-4-15(17)8-9-20(18)24/h2-10,12-13,23-24H,11H2,1H3. The molecule has 0 bridgehead atoms. The molecule has 0 atom stereocenters. The molecule has 0 saturated carbocycles. The van der Waals surface area contributed by atoms with Gasteiger partial charge in [-0.2, -0.15) is 0 Å². The van der Waals surface area contributed by atoms with Gasteiger partial charge in [-0.05, 0) is 35.4 Å². The molecule has 1 heterocycles. The summed E-state index contributed by atoms with van der Waals surface area (Å²) in [5, 5.41) is 15.9. The second-order valence-electron chi connectivity index (χ2n) is 6.03. The lowest BCUT2D eigenvalue weighted by Crippen LogP contribution is -2.02. The minimum Gasteiger partial charge on any atom is -0.508 e. The van der Waals surface area contributed by atoms with Gasteiger partial charge in [-0.3, -0.25) is 0 Å². The average Bonchev–Trinajstić information content (AvgIpc) is 3.17. The number of oxazole rings is 1. The summed E-state index contributed by atoms with van der Waals surface area (Å²) in [4.78, 5) is 3.97. The summed E-state index contributed by atoms with van der Waals surface area (Å²) in [6, 6.07) is 17.8.